The molecule has 0 bridgehead atoms. The molecule has 0 radical (unpaired) electrons. The van der Waals surface area contributed by atoms with Gasteiger partial charge in [-0.05, 0) is 29.9 Å². The van der Waals surface area contributed by atoms with E-state index in [0.29, 0.717) is 0 Å². The van der Waals surface area contributed by atoms with Crippen molar-refractivity contribution >= 4 is 27.0 Å². The van der Waals surface area contributed by atoms with Gasteiger partial charge in [-0.25, -0.2) is 9.97 Å². The lowest BCUT2D eigenvalue weighted by atomic mass is 10.2. The van der Waals surface area contributed by atoms with Gasteiger partial charge >= 0.3 is 0 Å². The number of halogens is 1. The molecule has 0 aliphatic heterocycles. The third-order valence-corrected chi connectivity index (χ3v) is 3.44. The second kappa shape index (κ2) is 3.90. The van der Waals surface area contributed by atoms with E-state index < -0.39 is 0 Å². The lowest BCUT2D eigenvalue weighted by molar-refractivity contribution is 0.806. The Kier molecular flexibility index (Phi) is 2.75. The average Bonchev–Trinajstić information content (AvgIpc) is 2.44. The fourth-order valence-corrected chi connectivity index (χ4v) is 2.20. The second-order valence-corrected chi connectivity index (χ2v) is 4.26. The summed E-state index contributed by atoms with van der Waals surface area (Å²) in [6, 6.07) is 0. The molecular formula is C10H13BrN4. The molecule has 0 fully saturated rings. The molecule has 2 aromatic heterocycles. The van der Waals surface area contributed by atoms with Gasteiger partial charge in [-0.2, -0.15) is 0 Å². The van der Waals surface area contributed by atoms with Gasteiger partial charge in [0.1, 0.15) is 11.5 Å². The molecule has 0 amide bonds. The largest absolute Gasteiger partial charge is 0.323 e. The molecule has 0 aliphatic rings. The zero-order valence-corrected chi connectivity index (χ0v) is 10.6. The van der Waals surface area contributed by atoms with Crippen molar-refractivity contribution in [3.8, 4) is 0 Å². The summed E-state index contributed by atoms with van der Waals surface area (Å²) in [5.74, 6) is 0.798. The number of aryl methyl sites for hydroxylation is 2. The van der Waals surface area contributed by atoms with E-state index in [2.05, 4.69) is 31.2 Å². The van der Waals surface area contributed by atoms with Crippen molar-refractivity contribution in [3.63, 3.8) is 0 Å². The number of aromatic nitrogens is 3. The Hall–Kier alpha value is -0.940. The number of rotatable bonds is 2. The van der Waals surface area contributed by atoms with Gasteiger partial charge in [-0.15, -0.1) is 0 Å². The number of hydrogen-bond acceptors (Lipinski definition) is 3. The monoisotopic (exact) mass is 268 g/mol. The van der Waals surface area contributed by atoms with Gasteiger partial charge < -0.3 is 9.88 Å². The molecule has 0 saturated carbocycles. The maximum absolute atomic E-state index is 4.43. The minimum atomic E-state index is 0.798. The third-order valence-electron chi connectivity index (χ3n) is 2.43. The molecule has 15 heavy (non-hydrogen) atoms. The summed E-state index contributed by atoms with van der Waals surface area (Å²) in [7, 11) is 3.93. The first-order chi connectivity index (χ1) is 7.15. The molecule has 5 heteroatoms. The highest BCUT2D eigenvalue weighted by atomic mass is 79.9. The molecule has 0 aromatic carbocycles. The molecule has 2 rings (SSSR count). The molecule has 80 valence electrons. The van der Waals surface area contributed by atoms with Crippen LogP contribution < -0.4 is 5.32 Å². The summed E-state index contributed by atoms with van der Waals surface area (Å²) in [5.41, 5.74) is 2.18. The van der Waals surface area contributed by atoms with E-state index in [4.69, 9.17) is 0 Å². The average molecular weight is 269 g/mol. The van der Waals surface area contributed by atoms with Crippen LogP contribution in [0.3, 0.4) is 0 Å². The third kappa shape index (κ3) is 1.66. The number of fused-ring (bicyclic) bond motifs is 1. The van der Waals surface area contributed by atoms with Gasteiger partial charge in [0.2, 0.25) is 0 Å². The van der Waals surface area contributed by atoms with Crippen LogP contribution in [-0.4, -0.2) is 21.6 Å². The fourth-order valence-electron chi connectivity index (χ4n) is 1.68. The molecule has 4 nitrogen and oxygen atoms in total. The van der Waals surface area contributed by atoms with Crippen LogP contribution in [-0.2, 0) is 13.6 Å². The molecule has 0 spiro atoms. The summed E-state index contributed by atoms with van der Waals surface area (Å²) >= 11 is 3.57. The van der Waals surface area contributed by atoms with Crippen LogP contribution in [0.2, 0.25) is 0 Å². The Morgan fingerprint density at radius 1 is 1.53 bits per heavy atom. The predicted octanol–water partition coefficient (Wildman–Crippen LogP) is 1.76. The van der Waals surface area contributed by atoms with Crippen molar-refractivity contribution in [2.75, 3.05) is 7.05 Å². The van der Waals surface area contributed by atoms with E-state index in [9.17, 15) is 0 Å². The zero-order chi connectivity index (χ0) is 11.0. The highest BCUT2D eigenvalue weighted by molar-refractivity contribution is 9.10. The Morgan fingerprint density at radius 3 is 2.93 bits per heavy atom. The van der Waals surface area contributed by atoms with Crippen molar-refractivity contribution < 1.29 is 0 Å². The molecule has 0 aliphatic carbocycles. The van der Waals surface area contributed by atoms with Gasteiger partial charge in [0.05, 0.1) is 4.60 Å². The first kappa shape index (κ1) is 10.6. The lowest BCUT2D eigenvalue weighted by Gasteiger charge is -1.98. The summed E-state index contributed by atoms with van der Waals surface area (Å²) in [5, 5.41) is 4.25. The summed E-state index contributed by atoms with van der Waals surface area (Å²) < 4.78 is 3.10. The normalized spacial score (nSPS) is 11.2. The highest BCUT2D eigenvalue weighted by Crippen LogP contribution is 2.27. The van der Waals surface area contributed by atoms with Gasteiger partial charge in [0, 0.05) is 30.7 Å². The van der Waals surface area contributed by atoms with Crippen LogP contribution in [0.25, 0.3) is 11.0 Å². The lowest BCUT2D eigenvalue weighted by Crippen LogP contribution is -2.05. The van der Waals surface area contributed by atoms with Gasteiger partial charge in [-0.3, -0.25) is 0 Å². The Morgan fingerprint density at radius 2 is 2.27 bits per heavy atom. The topological polar surface area (TPSA) is 42.7 Å². The summed E-state index contributed by atoms with van der Waals surface area (Å²) in [6.07, 6.45) is 1.88. The van der Waals surface area contributed by atoms with Crippen LogP contribution in [0.1, 0.15) is 11.4 Å². The van der Waals surface area contributed by atoms with Crippen molar-refractivity contribution in [1.29, 1.82) is 0 Å². The number of nitrogens with one attached hydrogen (secondary N) is 1. The highest BCUT2D eigenvalue weighted by Gasteiger charge is 2.13. The van der Waals surface area contributed by atoms with Crippen molar-refractivity contribution in [2.24, 2.45) is 7.05 Å². The zero-order valence-electron chi connectivity index (χ0n) is 9.00. The standard InChI is InChI=1S/C10H13BrN4/c1-6-13-5-8-7(4-12-2)9(11)15(3)10(8)14-6/h5,12H,4H2,1-3H3. The van der Waals surface area contributed by atoms with E-state index in [1.54, 1.807) is 0 Å². The Balaban J connectivity index is 2.75. The fraction of sp³-hybridized carbons (Fsp3) is 0.400. The Bertz CT molecular complexity index is 504. The van der Waals surface area contributed by atoms with Gasteiger partial charge in [0.15, 0.2) is 0 Å². The van der Waals surface area contributed by atoms with Crippen molar-refractivity contribution in [2.45, 2.75) is 13.5 Å². The molecule has 0 atom stereocenters. The molecule has 0 unspecified atom stereocenters. The maximum Gasteiger partial charge on any atom is 0.144 e. The van der Waals surface area contributed by atoms with Gasteiger partial charge in [0.25, 0.3) is 0 Å². The summed E-state index contributed by atoms with van der Waals surface area (Å²) in [6.45, 7) is 2.71. The van der Waals surface area contributed by atoms with Crippen LogP contribution in [0, 0.1) is 6.92 Å². The molecule has 2 aromatic rings. The van der Waals surface area contributed by atoms with Crippen LogP contribution in [0.15, 0.2) is 10.8 Å². The minimum Gasteiger partial charge on any atom is -0.323 e. The van der Waals surface area contributed by atoms with Crippen LogP contribution >= 0.6 is 15.9 Å². The van der Waals surface area contributed by atoms with E-state index in [0.717, 1.165) is 28.0 Å². The molecule has 1 N–H and O–H groups in total. The second-order valence-electron chi connectivity index (χ2n) is 3.51. The Labute approximate surface area is 96.8 Å². The van der Waals surface area contributed by atoms with Crippen LogP contribution in [0.5, 0.6) is 0 Å². The quantitative estimate of drug-likeness (QED) is 0.903. The smallest absolute Gasteiger partial charge is 0.144 e. The van der Waals surface area contributed by atoms with Crippen molar-refractivity contribution in [1.82, 2.24) is 19.9 Å². The SMILES string of the molecule is CNCc1c(Br)n(C)c2nc(C)ncc12. The first-order valence-electron chi connectivity index (χ1n) is 4.76. The number of hydrogen-bond donors (Lipinski definition) is 1. The first-order valence-corrected chi connectivity index (χ1v) is 5.55. The molecule has 2 heterocycles. The van der Waals surface area contributed by atoms with E-state index in [-0.39, 0.29) is 0 Å². The molecular weight excluding hydrogens is 256 g/mol. The van der Waals surface area contributed by atoms with E-state index >= 15 is 0 Å². The van der Waals surface area contributed by atoms with Crippen LogP contribution in [0.4, 0.5) is 0 Å². The van der Waals surface area contributed by atoms with Gasteiger partial charge in [-0.1, -0.05) is 0 Å². The summed E-state index contributed by atoms with van der Waals surface area (Å²) in [4.78, 5) is 8.66. The minimum absolute atomic E-state index is 0.798. The van der Waals surface area contributed by atoms with Crippen molar-refractivity contribution in [3.05, 3.63) is 22.2 Å². The maximum atomic E-state index is 4.43. The van der Waals surface area contributed by atoms with E-state index in [1.165, 1.54) is 5.56 Å². The number of nitrogens with zero attached hydrogens (tertiary/aromatic N) is 3. The predicted molar refractivity (Wildman–Crippen MR) is 63.7 cm³/mol. The van der Waals surface area contributed by atoms with E-state index in [1.807, 2.05) is 31.8 Å². The molecule has 0 saturated heterocycles.